The molecule has 3 N–H and O–H groups in total. The summed E-state index contributed by atoms with van der Waals surface area (Å²) in [6.07, 6.45) is 0.591. The zero-order valence-electron chi connectivity index (χ0n) is 10.2. The first-order chi connectivity index (χ1) is 8.87. The van der Waals surface area contributed by atoms with Crippen molar-refractivity contribution in [2.75, 3.05) is 23.8 Å². The van der Waals surface area contributed by atoms with E-state index in [1.807, 2.05) is 0 Å². The molecule has 19 heavy (non-hydrogen) atoms. The van der Waals surface area contributed by atoms with Crippen molar-refractivity contribution >= 4 is 33.0 Å². The minimum atomic E-state index is -2.92. The number of halogens is 1. The van der Waals surface area contributed by atoms with Crippen molar-refractivity contribution < 1.29 is 13.2 Å². The highest BCUT2D eigenvalue weighted by Gasteiger charge is 2.28. The molecule has 1 atom stereocenters. The zero-order chi connectivity index (χ0) is 14.0. The van der Waals surface area contributed by atoms with E-state index in [0.29, 0.717) is 29.2 Å². The molecule has 1 amide bonds. The van der Waals surface area contributed by atoms with Crippen LogP contribution in [0.15, 0.2) is 18.2 Å². The summed E-state index contributed by atoms with van der Waals surface area (Å²) in [6, 6.07) is 4.68. The monoisotopic (exact) mass is 302 g/mol. The first-order valence-corrected chi connectivity index (χ1v) is 8.11. The first kappa shape index (κ1) is 14.1. The fraction of sp³-hybridized carbons (Fsp3) is 0.417. The largest absolute Gasteiger partial charge is 0.399 e. The maximum absolute atomic E-state index is 11.9. The van der Waals surface area contributed by atoms with E-state index in [-0.39, 0.29) is 23.3 Å². The van der Waals surface area contributed by atoms with Crippen LogP contribution in [-0.4, -0.2) is 32.4 Å². The smallest absolute Gasteiger partial charge is 0.252 e. The number of anilines is 1. The van der Waals surface area contributed by atoms with E-state index in [2.05, 4.69) is 5.32 Å². The number of amides is 1. The third-order valence-corrected chi connectivity index (χ3v) is 5.28. The van der Waals surface area contributed by atoms with Crippen molar-refractivity contribution in [3.8, 4) is 0 Å². The SMILES string of the molecule is Nc1ccc(Cl)c(C(=O)NCC2CCS(=O)(=O)C2)c1. The molecule has 1 aliphatic heterocycles. The lowest BCUT2D eigenvalue weighted by molar-refractivity contribution is 0.0948. The number of hydrogen-bond acceptors (Lipinski definition) is 4. The molecule has 1 fully saturated rings. The van der Waals surface area contributed by atoms with Crippen molar-refractivity contribution in [3.63, 3.8) is 0 Å². The van der Waals surface area contributed by atoms with Crippen LogP contribution < -0.4 is 11.1 Å². The second-order valence-electron chi connectivity index (χ2n) is 4.72. The van der Waals surface area contributed by atoms with Crippen LogP contribution in [0.25, 0.3) is 0 Å². The normalized spacial score (nSPS) is 21.2. The van der Waals surface area contributed by atoms with Gasteiger partial charge in [-0.05, 0) is 30.5 Å². The number of carbonyl (C=O) groups excluding carboxylic acids is 1. The highest BCUT2D eigenvalue weighted by atomic mass is 35.5. The molecule has 5 nitrogen and oxygen atoms in total. The molecule has 0 radical (unpaired) electrons. The summed E-state index contributed by atoms with van der Waals surface area (Å²) in [5, 5.41) is 3.03. The Kier molecular flexibility index (Phi) is 4.01. The van der Waals surface area contributed by atoms with Crippen molar-refractivity contribution in [3.05, 3.63) is 28.8 Å². The molecule has 1 aromatic rings. The number of nitrogens with two attached hydrogens (primary N) is 1. The summed E-state index contributed by atoms with van der Waals surface area (Å²) < 4.78 is 22.6. The highest BCUT2D eigenvalue weighted by Crippen LogP contribution is 2.20. The molecule has 0 aliphatic carbocycles. The average molecular weight is 303 g/mol. The second kappa shape index (κ2) is 5.38. The lowest BCUT2D eigenvalue weighted by Crippen LogP contribution is -2.30. The lowest BCUT2D eigenvalue weighted by atomic mass is 10.1. The molecule has 0 saturated carbocycles. The van der Waals surface area contributed by atoms with E-state index in [4.69, 9.17) is 17.3 Å². The second-order valence-corrected chi connectivity index (χ2v) is 7.35. The van der Waals surface area contributed by atoms with Gasteiger partial charge in [0.25, 0.3) is 5.91 Å². The predicted octanol–water partition coefficient (Wildman–Crippen LogP) is 1.09. The standard InChI is InChI=1S/C12H15ClN2O3S/c13-11-2-1-9(14)5-10(11)12(16)15-6-8-3-4-19(17,18)7-8/h1-2,5,8H,3-4,6-7,14H2,(H,15,16). The van der Waals surface area contributed by atoms with Crippen molar-refractivity contribution in [1.82, 2.24) is 5.32 Å². The van der Waals surface area contributed by atoms with Gasteiger partial charge in [-0.2, -0.15) is 0 Å². The topological polar surface area (TPSA) is 89.3 Å². The van der Waals surface area contributed by atoms with Gasteiger partial charge in [-0.25, -0.2) is 8.42 Å². The number of hydrogen-bond donors (Lipinski definition) is 2. The number of rotatable bonds is 3. The Balaban J connectivity index is 1.97. The van der Waals surface area contributed by atoms with E-state index in [0.717, 1.165) is 0 Å². The fourth-order valence-corrected chi connectivity index (χ4v) is 4.15. The van der Waals surface area contributed by atoms with Gasteiger partial charge in [0.15, 0.2) is 9.84 Å². The van der Waals surface area contributed by atoms with Gasteiger partial charge in [0.05, 0.1) is 22.1 Å². The van der Waals surface area contributed by atoms with Crippen LogP contribution >= 0.6 is 11.6 Å². The number of nitrogen functional groups attached to an aromatic ring is 1. The molecule has 1 aromatic carbocycles. The molecule has 0 aromatic heterocycles. The van der Waals surface area contributed by atoms with Gasteiger partial charge < -0.3 is 11.1 Å². The average Bonchev–Trinajstić information content (AvgIpc) is 2.69. The minimum Gasteiger partial charge on any atom is -0.399 e. The third-order valence-electron chi connectivity index (χ3n) is 3.11. The van der Waals surface area contributed by atoms with Crippen LogP contribution in [0.2, 0.25) is 5.02 Å². The van der Waals surface area contributed by atoms with Gasteiger partial charge in [-0.3, -0.25) is 4.79 Å². The van der Waals surface area contributed by atoms with E-state index in [1.54, 1.807) is 12.1 Å². The summed E-state index contributed by atoms with van der Waals surface area (Å²) in [6.45, 7) is 0.336. The van der Waals surface area contributed by atoms with Crippen LogP contribution in [-0.2, 0) is 9.84 Å². The molecule has 7 heteroatoms. The Hall–Kier alpha value is -1.27. The Morgan fingerprint density at radius 3 is 2.84 bits per heavy atom. The van der Waals surface area contributed by atoms with Crippen LogP contribution in [0.1, 0.15) is 16.8 Å². The van der Waals surface area contributed by atoms with Crippen LogP contribution in [0.5, 0.6) is 0 Å². The summed E-state index contributed by atoms with van der Waals surface area (Å²) in [5.41, 5.74) is 6.37. The van der Waals surface area contributed by atoms with E-state index < -0.39 is 9.84 Å². The lowest BCUT2D eigenvalue weighted by Gasteiger charge is -2.10. The van der Waals surface area contributed by atoms with Gasteiger partial charge in [0.1, 0.15) is 0 Å². The summed E-state index contributed by atoms with van der Waals surface area (Å²) in [4.78, 5) is 11.9. The number of sulfone groups is 1. The molecule has 2 rings (SSSR count). The minimum absolute atomic E-state index is 0.0196. The molecule has 0 bridgehead atoms. The molecule has 0 spiro atoms. The predicted molar refractivity (Wildman–Crippen MR) is 75.0 cm³/mol. The molecule has 1 heterocycles. The molecular weight excluding hydrogens is 288 g/mol. The van der Waals surface area contributed by atoms with Gasteiger partial charge in [0.2, 0.25) is 0 Å². The van der Waals surface area contributed by atoms with Crippen molar-refractivity contribution in [1.29, 1.82) is 0 Å². The van der Waals surface area contributed by atoms with E-state index in [1.165, 1.54) is 6.07 Å². The van der Waals surface area contributed by atoms with Gasteiger partial charge in [-0.1, -0.05) is 11.6 Å². The molecular formula is C12H15ClN2O3S. The molecule has 1 unspecified atom stereocenters. The van der Waals surface area contributed by atoms with Crippen LogP contribution in [0, 0.1) is 5.92 Å². The van der Waals surface area contributed by atoms with Gasteiger partial charge in [0, 0.05) is 12.2 Å². The van der Waals surface area contributed by atoms with Gasteiger partial charge >= 0.3 is 0 Å². The van der Waals surface area contributed by atoms with Crippen LogP contribution in [0.4, 0.5) is 5.69 Å². The quantitative estimate of drug-likeness (QED) is 0.818. The number of carbonyl (C=O) groups is 1. The Labute approximate surface area is 117 Å². The van der Waals surface area contributed by atoms with E-state index >= 15 is 0 Å². The summed E-state index contributed by atoms with van der Waals surface area (Å²) in [7, 11) is -2.92. The highest BCUT2D eigenvalue weighted by molar-refractivity contribution is 7.91. The number of benzene rings is 1. The van der Waals surface area contributed by atoms with Gasteiger partial charge in [-0.15, -0.1) is 0 Å². The maximum Gasteiger partial charge on any atom is 0.252 e. The summed E-state index contributed by atoms with van der Waals surface area (Å²) >= 11 is 5.92. The van der Waals surface area contributed by atoms with Crippen molar-refractivity contribution in [2.45, 2.75) is 6.42 Å². The first-order valence-electron chi connectivity index (χ1n) is 5.91. The third kappa shape index (κ3) is 3.61. The Morgan fingerprint density at radius 2 is 2.21 bits per heavy atom. The Bertz CT molecular complexity index is 601. The maximum atomic E-state index is 11.9. The van der Waals surface area contributed by atoms with E-state index in [9.17, 15) is 13.2 Å². The fourth-order valence-electron chi connectivity index (χ4n) is 2.08. The van der Waals surface area contributed by atoms with Crippen LogP contribution in [0.3, 0.4) is 0 Å². The Morgan fingerprint density at radius 1 is 1.47 bits per heavy atom. The number of nitrogens with one attached hydrogen (secondary N) is 1. The molecule has 104 valence electrons. The summed E-state index contributed by atoms with van der Waals surface area (Å²) in [5.74, 6) is -0.0137. The van der Waals surface area contributed by atoms with Crippen molar-refractivity contribution in [2.24, 2.45) is 5.92 Å². The zero-order valence-corrected chi connectivity index (χ0v) is 11.8. The molecule has 1 aliphatic rings. The molecule has 1 saturated heterocycles.